The zero-order valence-corrected chi connectivity index (χ0v) is 18.3. The number of anilines is 1. The third kappa shape index (κ3) is 4.14. The zero-order chi connectivity index (χ0) is 22.0. The number of fused-ring (bicyclic) bond motifs is 1. The quantitative estimate of drug-likeness (QED) is 0.602. The normalized spacial score (nSPS) is 12.4. The summed E-state index contributed by atoms with van der Waals surface area (Å²) in [6.07, 6.45) is 3.20. The number of aromatic nitrogens is 3. The molecule has 2 heterocycles. The summed E-state index contributed by atoms with van der Waals surface area (Å²) in [6.45, 7) is 1.80. The van der Waals surface area contributed by atoms with Crippen molar-refractivity contribution in [1.82, 2.24) is 14.3 Å². The van der Waals surface area contributed by atoms with Gasteiger partial charge in [0.15, 0.2) is 0 Å². The van der Waals surface area contributed by atoms with E-state index in [4.69, 9.17) is 0 Å². The van der Waals surface area contributed by atoms with Crippen molar-refractivity contribution in [3.05, 3.63) is 69.3 Å². The molecule has 0 atom stereocenters. The minimum absolute atomic E-state index is 0.216. The van der Waals surface area contributed by atoms with Gasteiger partial charge in [-0.05, 0) is 49.9 Å². The van der Waals surface area contributed by atoms with Crippen molar-refractivity contribution in [1.29, 1.82) is 5.26 Å². The molecule has 1 N–H and O–H groups in total. The Kier molecular flexibility index (Phi) is 5.96. The Labute approximate surface area is 184 Å². The second kappa shape index (κ2) is 8.82. The van der Waals surface area contributed by atoms with Crippen LogP contribution in [0.3, 0.4) is 0 Å². The number of hydrogen-bond acceptors (Lipinski definition) is 5. The van der Waals surface area contributed by atoms with Crippen LogP contribution in [0.15, 0.2) is 46.2 Å². The Balaban J connectivity index is 1.44. The second-order valence-corrected chi connectivity index (χ2v) is 8.58. The Hall–Kier alpha value is -3.31. The second-order valence-electron chi connectivity index (χ2n) is 7.50. The smallest absolute Gasteiger partial charge is 0.295 e. The molecular weight excluding hydrogens is 410 g/mol. The van der Waals surface area contributed by atoms with Gasteiger partial charge in [0.2, 0.25) is 5.91 Å². The van der Waals surface area contributed by atoms with Crippen LogP contribution in [0.1, 0.15) is 35.4 Å². The fourth-order valence-electron chi connectivity index (χ4n) is 3.80. The van der Waals surface area contributed by atoms with Gasteiger partial charge in [-0.2, -0.15) is 5.26 Å². The first kappa shape index (κ1) is 20.9. The maximum Gasteiger partial charge on any atom is 0.295 e. The Morgan fingerprint density at radius 2 is 2.06 bits per heavy atom. The Bertz CT molecular complexity index is 1240. The van der Waals surface area contributed by atoms with Gasteiger partial charge in [-0.1, -0.05) is 18.2 Å². The number of nitriles is 1. The summed E-state index contributed by atoms with van der Waals surface area (Å²) < 4.78 is 3.27. The summed E-state index contributed by atoms with van der Waals surface area (Å²) in [5.41, 5.74) is 4.23. The number of carbonyl (C=O) groups is 1. The summed E-state index contributed by atoms with van der Waals surface area (Å²) in [6, 6.07) is 13.4. The van der Waals surface area contributed by atoms with Crippen molar-refractivity contribution in [2.24, 2.45) is 7.05 Å². The molecular formula is C23H23N5O2S. The van der Waals surface area contributed by atoms with Crippen molar-refractivity contribution in [3.8, 4) is 11.8 Å². The third-order valence-corrected chi connectivity index (χ3v) is 6.52. The highest BCUT2D eigenvalue weighted by atomic mass is 32.2. The summed E-state index contributed by atoms with van der Waals surface area (Å²) in [5, 5.41) is 12.9. The molecule has 1 aliphatic rings. The molecule has 0 fully saturated rings. The van der Waals surface area contributed by atoms with Crippen LogP contribution in [0.25, 0.3) is 5.69 Å². The monoisotopic (exact) mass is 433 g/mol. The molecule has 1 aromatic carbocycles. The molecule has 0 bridgehead atoms. The van der Waals surface area contributed by atoms with E-state index in [0.29, 0.717) is 22.0 Å². The van der Waals surface area contributed by atoms with Crippen LogP contribution in [-0.2, 0) is 24.7 Å². The van der Waals surface area contributed by atoms with Crippen LogP contribution in [0.4, 0.5) is 5.69 Å². The van der Waals surface area contributed by atoms with Crippen LogP contribution < -0.4 is 10.9 Å². The van der Waals surface area contributed by atoms with E-state index >= 15 is 0 Å². The third-order valence-electron chi connectivity index (χ3n) is 5.52. The predicted octanol–water partition coefficient (Wildman–Crippen LogP) is 3.36. The van der Waals surface area contributed by atoms with Crippen LogP contribution >= 0.6 is 11.8 Å². The molecule has 0 spiro atoms. The van der Waals surface area contributed by atoms with Crippen LogP contribution in [0.2, 0.25) is 0 Å². The lowest BCUT2D eigenvalue weighted by molar-refractivity contribution is -0.115. The summed E-state index contributed by atoms with van der Waals surface area (Å²) in [5.74, 6) is 0.239. The molecule has 4 rings (SSSR count). The van der Waals surface area contributed by atoms with Crippen molar-refractivity contribution in [3.63, 3.8) is 0 Å². The maximum atomic E-state index is 12.9. The largest absolute Gasteiger partial charge is 0.320 e. The number of nitrogens with one attached hydrogen (secondary N) is 1. The number of pyridine rings is 1. The van der Waals surface area contributed by atoms with Gasteiger partial charge in [0.1, 0.15) is 16.8 Å². The van der Waals surface area contributed by atoms with E-state index in [1.165, 1.54) is 16.4 Å². The molecule has 158 valence electrons. The molecule has 2 aromatic heterocycles. The van der Waals surface area contributed by atoms with Crippen LogP contribution in [0, 0.1) is 18.3 Å². The van der Waals surface area contributed by atoms with E-state index in [-0.39, 0.29) is 23.6 Å². The molecule has 0 unspecified atom stereocenters. The molecule has 0 saturated heterocycles. The number of amides is 1. The number of para-hydroxylation sites is 1. The van der Waals surface area contributed by atoms with Gasteiger partial charge < -0.3 is 5.32 Å². The minimum atomic E-state index is -0.265. The average molecular weight is 434 g/mol. The van der Waals surface area contributed by atoms with Gasteiger partial charge in [0.25, 0.3) is 5.56 Å². The van der Waals surface area contributed by atoms with Crippen LogP contribution in [0.5, 0.6) is 0 Å². The van der Waals surface area contributed by atoms with Crippen molar-refractivity contribution in [2.75, 3.05) is 11.1 Å². The fraction of sp³-hybridized carbons (Fsp3) is 0.304. The zero-order valence-electron chi connectivity index (χ0n) is 17.5. The SMILES string of the molecule is Cc1c(NC(=O)CCSc2nc3c(cc2C#N)CCC3)c(=O)n(-c2ccccc2)n1C. The number of rotatable bonds is 6. The Morgan fingerprint density at radius 1 is 1.29 bits per heavy atom. The van der Waals surface area contributed by atoms with E-state index in [1.54, 1.807) is 18.7 Å². The van der Waals surface area contributed by atoms with E-state index in [9.17, 15) is 14.9 Å². The van der Waals surface area contributed by atoms with Gasteiger partial charge in [-0.15, -0.1) is 11.8 Å². The minimum Gasteiger partial charge on any atom is -0.320 e. The van der Waals surface area contributed by atoms with Gasteiger partial charge in [0, 0.05) is 24.9 Å². The first-order chi connectivity index (χ1) is 15.0. The Morgan fingerprint density at radius 3 is 2.81 bits per heavy atom. The van der Waals surface area contributed by atoms with E-state index in [1.807, 2.05) is 36.4 Å². The van der Waals surface area contributed by atoms with Crippen molar-refractivity contribution < 1.29 is 4.79 Å². The molecule has 0 radical (unpaired) electrons. The fourth-order valence-corrected chi connectivity index (χ4v) is 4.71. The molecule has 1 aliphatic carbocycles. The highest BCUT2D eigenvalue weighted by Gasteiger charge is 2.19. The van der Waals surface area contributed by atoms with Gasteiger partial charge in [-0.3, -0.25) is 14.3 Å². The molecule has 8 heteroatoms. The molecule has 31 heavy (non-hydrogen) atoms. The van der Waals surface area contributed by atoms with E-state index in [2.05, 4.69) is 16.4 Å². The van der Waals surface area contributed by atoms with Crippen molar-refractivity contribution in [2.45, 2.75) is 37.6 Å². The topological polar surface area (TPSA) is 92.7 Å². The van der Waals surface area contributed by atoms with Gasteiger partial charge in [-0.25, -0.2) is 9.67 Å². The number of carbonyl (C=O) groups excluding carboxylic acids is 1. The number of hydrogen-bond donors (Lipinski definition) is 1. The molecule has 0 aliphatic heterocycles. The number of aryl methyl sites for hydroxylation is 2. The maximum absolute atomic E-state index is 12.9. The lowest BCUT2D eigenvalue weighted by Crippen LogP contribution is -2.23. The molecule has 7 nitrogen and oxygen atoms in total. The van der Waals surface area contributed by atoms with Gasteiger partial charge in [0.05, 0.1) is 16.9 Å². The highest BCUT2D eigenvalue weighted by molar-refractivity contribution is 7.99. The number of benzene rings is 1. The standard InChI is InChI=1S/C23H23N5O2S/c1-15-21(23(30)28(27(15)2)18-8-4-3-5-9-18)26-20(29)11-12-31-22-17(14-24)13-16-7-6-10-19(16)25-22/h3-5,8-9,13H,6-7,10-12H2,1-2H3,(H,26,29). The summed E-state index contributed by atoms with van der Waals surface area (Å²) in [4.78, 5) is 30.1. The molecule has 3 aromatic rings. The van der Waals surface area contributed by atoms with Crippen molar-refractivity contribution >= 4 is 23.4 Å². The van der Waals surface area contributed by atoms with Crippen LogP contribution in [-0.4, -0.2) is 26.0 Å². The average Bonchev–Trinajstić information content (AvgIpc) is 3.31. The first-order valence-corrected chi connectivity index (χ1v) is 11.2. The summed E-state index contributed by atoms with van der Waals surface area (Å²) in [7, 11) is 1.79. The van der Waals surface area contributed by atoms with Gasteiger partial charge >= 0.3 is 0 Å². The lowest BCUT2D eigenvalue weighted by atomic mass is 10.2. The predicted molar refractivity (Wildman–Crippen MR) is 121 cm³/mol. The highest BCUT2D eigenvalue weighted by Crippen LogP contribution is 2.28. The van der Waals surface area contributed by atoms with E-state index in [0.717, 1.165) is 36.2 Å². The summed E-state index contributed by atoms with van der Waals surface area (Å²) >= 11 is 1.41. The number of thioether (sulfide) groups is 1. The lowest BCUT2D eigenvalue weighted by Gasteiger charge is -2.07. The molecule has 1 amide bonds. The van der Waals surface area contributed by atoms with E-state index < -0.39 is 0 Å². The molecule has 0 saturated carbocycles. The first-order valence-electron chi connectivity index (χ1n) is 10.2. The number of nitrogens with zero attached hydrogens (tertiary/aromatic N) is 4.